The van der Waals surface area contributed by atoms with Gasteiger partial charge in [-0.1, -0.05) is 13.0 Å². The van der Waals surface area contributed by atoms with Crippen molar-refractivity contribution in [1.29, 1.82) is 0 Å². The first kappa shape index (κ1) is 16.2. The lowest BCUT2D eigenvalue weighted by atomic mass is 9.81. The van der Waals surface area contributed by atoms with E-state index in [4.69, 9.17) is 5.73 Å². The Morgan fingerprint density at radius 3 is 2.96 bits per heavy atom. The van der Waals surface area contributed by atoms with Gasteiger partial charge in [-0.3, -0.25) is 15.5 Å². The Hall–Kier alpha value is -1.62. The second-order valence-electron chi connectivity index (χ2n) is 6.83. The van der Waals surface area contributed by atoms with Gasteiger partial charge in [-0.25, -0.2) is 8.97 Å². The minimum atomic E-state index is -0.749. The second kappa shape index (κ2) is 6.48. The summed E-state index contributed by atoms with van der Waals surface area (Å²) in [6, 6.07) is 0.164. The van der Waals surface area contributed by atoms with Gasteiger partial charge in [-0.05, 0) is 30.9 Å². The van der Waals surface area contributed by atoms with E-state index < -0.39 is 12.3 Å². The highest BCUT2D eigenvalue weighted by molar-refractivity contribution is 5.97. The molecule has 4 nitrogen and oxygen atoms in total. The van der Waals surface area contributed by atoms with Gasteiger partial charge in [0.25, 0.3) is 6.17 Å². The molecule has 0 amide bonds. The predicted octanol–water partition coefficient (Wildman–Crippen LogP) is 2.04. The zero-order chi connectivity index (χ0) is 16.6. The normalized spacial score (nSPS) is 38.1. The van der Waals surface area contributed by atoms with Crippen LogP contribution >= 0.6 is 0 Å². The molecule has 2 heterocycles. The molecule has 1 aliphatic carbocycles. The Morgan fingerprint density at radius 2 is 2.26 bits per heavy atom. The van der Waals surface area contributed by atoms with E-state index in [0.717, 1.165) is 24.8 Å². The van der Waals surface area contributed by atoms with Crippen LogP contribution in [-0.4, -0.2) is 47.2 Å². The van der Waals surface area contributed by atoms with E-state index in [1.54, 1.807) is 0 Å². The number of rotatable bonds is 4. The van der Waals surface area contributed by atoms with Crippen LogP contribution in [0, 0.1) is 11.8 Å². The molecule has 3 rings (SSSR count). The number of alkyl halides is 1. The van der Waals surface area contributed by atoms with Crippen LogP contribution in [0.3, 0.4) is 0 Å². The fourth-order valence-corrected chi connectivity index (χ4v) is 3.97. The average molecular weight is 318 g/mol. The van der Waals surface area contributed by atoms with Crippen LogP contribution in [0.1, 0.15) is 33.1 Å². The Bertz CT molecular complexity index is 607. The van der Waals surface area contributed by atoms with E-state index in [2.05, 4.69) is 23.2 Å². The van der Waals surface area contributed by atoms with E-state index in [-0.39, 0.29) is 23.9 Å². The van der Waals surface area contributed by atoms with Gasteiger partial charge < -0.3 is 0 Å². The number of hydrogen-bond acceptors (Lipinski definition) is 3. The number of hydrogen-bond donors (Lipinski definition) is 1. The molecular weight excluding hydrogens is 293 g/mol. The molecule has 0 aromatic rings. The maximum atomic E-state index is 13.7. The Balaban J connectivity index is 1.91. The van der Waals surface area contributed by atoms with Crippen LogP contribution < -0.4 is 5.73 Å². The number of carbonyl (C=O) groups is 1. The number of nitrogens with zero attached hydrogens (tertiary/aromatic N) is 2. The molecule has 5 heteroatoms. The molecule has 0 aromatic heterocycles. The van der Waals surface area contributed by atoms with Crippen molar-refractivity contribution in [3.05, 3.63) is 23.8 Å². The van der Waals surface area contributed by atoms with E-state index >= 15 is 0 Å². The molecule has 0 saturated carbocycles. The SMILES string of the molecule is CC1C=C(C2N=CCC2C2=[N+](C(N)C=O)C(C)C=C2)CCC1F. The number of aldehydes is 1. The van der Waals surface area contributed by atoms with Crippen LogP contribution in [0.25, 0.3) is 0 Å². The first-order valence-corrected chi connectivity index (χ1v) is 8.43. The number of allylic oxidation sites excluding steroid dienone is 2. The minimum Gasteiger partial charge on any atom is -0.294 e. The Morgan fingerprint density at radius 1 is 1.48 bits per heavy atom. The number of nitrogens with two attached hydrogens (primary N) is 1. The van der Waals surface area contributed by atoms with Gasteiger partial charge in [0.2, 0.25) is 6.29 Å². The third-order valence-corrected chi connectivity index (χ3v) is 5.27. The monoisotopic (exact) mass is 318 g/mol. The van der Waals surface area contributed by atoms with E-state index in [9.17, 15) is 9.18 Å². The summed E-state index contributed by atoms with van der Waals surface area (Å²) in [7, 11) is 0. The Kier molecular flexibility index (Phi) is 4.57. The minimum absolute atomic E-state index is 0.0495. The molecule has 2 N–H and O–H groups in total. The molecule has 0 radical (unpaired) electrons. The molecule has 3 aliphatic rings. The molecule has 0 saturated heterocycles. The van der Waals surface area contributed by atoms with Crippen molar-refractivity contribution in [2.24, 2.45) is 22.6 Å². The summed E-state index contributed by atoms with van der Waals surface area (Å²) in [4.78, 5) is 15.8. The highest BCUT2D eigenvalue weighted by atomic mass is 19.1. The fraction of sp³-hybridized carbons (Fsp3) is 0.611. The highest BCUT2D eigenvalue weighted by Crippen LogP contribution is 2.35. The highest BCUT2D eigenvalue weighted by Gasteiger charge is 2.41. The molecule has 0 spiro atoms. The number of carbonyl (C=O) groups excluding carboxylic acids is 1. The van der Waals surface area contributed by atoms with E-state index in [1.165, 1.54) is 5.57 Å². The van der Waals surface area contributed by atoms with Gasteiger partial charge >= 0.3 is 0 Å². The molecular formula is C18H25FN3O+. The lowest BCUT2D eigenvalue weighted by Crippen LogP contribution is -2.44. The Labute approximate surface area is 136 Å². The van der Waals surface area contributed by atoms with Gasteiger partial charge in [-0.15, -0.1) is 0 Å². The number of aliphatic imine (C=N–C) groups is 1. The summed E-state index contributed by atoms with van der Waals surface area (Å²) in [5.74, 6) is 0.142. The van der Waals surface area contributed by atoms with Gasteiger partial charge in [0, 0.05) is 25.1 Å². The van der Waals surface area contributed by atoms with Crippen LogP contribution in [-0.2, 0) is 4.79 Å². The standard InChI is InChI=1S/C18H25FN3O/c1-11-9-13(4-5-15(11)19)18-14(7-8-21-18)16-6-3-12(2)22(16)17(20)10-23/h3,6,8-12,14-15,17-18H,4-5,7,20H2,1-2H3/q+1. The van der Waals surface area contributed by atoms with Crippen LogP contribution in [0.2, 0.25) is 0 Å². The summed E-state index contributed by atoms with van der Waals surface area (Å²) in [6.45, 7) is 3.96. The molecule has 0 bridgehead atoms. The van der Waals surface area contributed by atoms with Gasteiger partial charge in [0.15, 0.2) is 11.8 Å². The van der Waals surface area contributed by atoms with Crippen molar-refractivity contribution in [2.45, 2.75) is 57.5 Å². The van der Waals surface area contributed by atoms with Crippen molar-refractivity contribution < 1.29 is 13.8 Å². The zero-order valence-corrected chi connectivity index (χ0v) is 13.7. The lowest BCUT2D eigenvalue weighted by molar-refractivity contribution is -0.569. The van der Waals surface area contributed by atoms with Gasteiger partial charge in [-0.2, -0.15) is 0 Å². The topological polar surface area (TPSA) is 58.5 Å². The van der Waals surface area contributed by atoms with E-state index in [0.29, 0.717) is 6.42 Å². The molecule has 6 unspecified atom stereocenters. The van der Waals surface area contributed by atoms with Crippen molar-refractivity contribution >= 4 is 18.2 Å². The van der Waals surface area contributed by atoms with Crippen molar-refractivity contribution in [2.75, 3.05) is 0 Å². The van der Waals surface area contributed by atoms with E-state index in [1.807, 2.05) is 24.6 Å². The van der Waals surface area contributed by atoms with Crippen molar-refractivity contribution in [3.63, 3.8) is 0 Å². The largest absolute Gasteiger partial charge is 0.294 e. The molecule has 23 heavy (non-hydrogen) atoms. The average Bonchev–Trinajstić information content (AvgIpc) is 3.15. The molecule has 2 aliphatic heterocycles. The third-order valence-electron chi connectivity index (χ3n) is 5.27. The smallest absolute Gasteiger partial charge is 0.261 e. The van der Waals surface area contributed by atoms with Crippen molar-refractivity contribution in [3.8, 4) is 0 Å². The summed E-state index contributed by atoms with van der Waals surface area (Å²) in [5, 5.41) is 0. The third kappa shape index (κ3) is 2.94. The molecule has 6 atom stereocenters. The molecule has 124 valence electrons. The first-order valence-electron chi connectivity index (χ1n) is 8.43. The summed E-state index contributed by atoms with van der Waals surface area (Å²) in [6.07, 6.45) is 9.73. The quantitative estimate of drug-likeness (QED) is 0.490. The van der Waals surface area contributed by atoms with Crippen molar-refractivity contribution in [1.82, 2.24) is 0 Å². The van der Waals surface area contributed by atoms with Gasteiger partial charge in [0.1, 0.15) is 6.17 Å². The molecule has 0 fully saturated rings. The van der Waals surface area contributed by atoms with Crippen LogP contribution in [0.5, 0.6) is 0 Å². The lowest BCUT2D eigenvalue weighted by Gasteiger charge is -2.27. The summed E-state index contributed by atoms with van der Waals surface area (Å²) >= 11 is 0. The predicted molar refractivity (Wildman–Crippen MR) is 89.7 cm³/mol. The maximum absolute atomic E-state index is 13.7. The summed E-state index contributed by atoms with van der Waals surface area (Å²) < 4.78 is 15.7. The maximum Gasteiger partial charge on any atom is 0.261 e. The molecule has 0 aromatic carbocycles. The van der Waals surface area contributed by atoms with Gasteiger partial charge in [0.05, 0.1) is 12.0 Å². The van der Waals surface area contributed by atoms with Crippen LogP contribution in [0.15, 0.2) is 28.8 Å². The summed E-state index contributed by atoms with van der Waals surface area (Å²) in [5.41, 5.74) is 8.29. The second-order valence-corrected chi connectivity index (χ2v) is 6.83. The first-order chi connectivity index (χ1) is 11.0. The van der Waals surface area contributed by atoms with Crippen LogP contribution in [0.4, 0.5) is 4.39 Å². The number of halogens is 1. The fourth-order valence-electron chi connectivity index (χ4n) is 3.97. The zero-order valence-electron chi connectivity index (χ0n) is 13.7.